The third-order valence-corrected chi connectivity index (χ3v) is 4.78. The van der Waals surface area contributed by atoms with E-state index in [1.54, 1.807) is 19.5 Å². The lowest BCUT2D eigenvalue weighted by Crippen LogP contribution is -2.18. The lowest BCUT2D eigenvalue weighted by Gasteiger charge is -2.06. The van der Waals surface area contributed by atoms with Crippen molar-refractivity contribution in [1.82, 2.24) is 14.5 Å². The molecule has 0 aliphatic rings. The predicted octanol–water partition coefficient (Wildman–Crippen LogP) is 3.81. The molecule has 0 bridgehead atoms. The van der Waals surface area contributed by atoms with E-state index in [1.807, 2.05) is 52.5 Å². The molecule has 1 amide bonds. The Labute approximate surface area is 154 Å². The van der Waals surface area contributed by atoms with Gasteiger partial charge in [-0.1, -0.05) is 0 Å². The molecular formula is C19H16N4O2S. The van der Waals surface area contributed by atoms with E-state index in [2.05, 4.69) is 15.3 Å². The highest BCUT2D eigenvalue weighted by Gasteiger charge is 2.10. The summed E-state index contributed by atoms with van der Waals surface area (Å²) >= 11 is 1.40. The van der Waals surface area contributed by atoms with Gasteiger partial charge in [0, 0.05) is 40.4 Å². The van der Waals surface area contributed by atoms with Crippen LogP contribution in [-0.4, -0.2) is 27.6 Å². The molecule has 0 aliphatic carbocycles. The maximum absolute atomic E-state index is 12.4. The molecule has 0 saturated carbocycles. The van der Waals surface area contributed by atoms with Crippen LogP contribution in [0.5, 0.6) is 5.75 Å². The number of aromatic nitrogens is 3. The molecule has 7 heteroatoms. The van der Waals surface area contributed by atoms with Crippen LogP contribution in [0.4, 0.5) is 5.13 Å². The second-order valence-electron chi connectivity index (χ2n) is 5.69. The number of methoxy groups -OCH3 is 1. The van der Waals surface area contributed by atoms with Crippen LogP contribution in [0.2, 0.25) is 0 Å². The number of carbonyl (C=O) groups excluding carboxylic acids is 1. The maximum Gasteiger partial charge on any atom is 0.246 e. The van der Waals surface area contributed by atoms with E-state index in [1.165, 1.54) is 11.3 Å². The number of hydrogen-bond donors (Lipinski definition) is 1. The highest BCUT2D eigenvalue weighted by Crippen LogP contribution is 2.25. The average Bonchev–Trinajstić information content (AvgIpc) is 3.29. The Kier molecular flexibility index (Phi) is 4.37. The lowest BCUT2D eigenvalue weighted by atomic mass is 10.2. The standard InChI is InChI=1S/C19H16N4O2S/c1-25-15-2-3-17-14(10-15)6-9-23(17)11-18(24)22-19-21-16(12-26-19)13-4-7-20-8-5-13/h2-10,12H,11H2,1H3,(H,21,22,24). The fourth-order valence-corrected chi connectivity index (χ4v) is 3.48. The van der Waals surface area contributed by atoms with Crippen molar-refractivity contribution in [1.29, 1.82) is 0 Å². The molecule has 0 saturated heterocycles. The van der Waals surface area contributed by atoms with Gasteiger partial charge in [0.25, 0.3) is 0 Å². The quantitative estimate of drug-likeness (QED) is 0.585. The summed E-state index contributed by atoms with van der Waals surface area (Å²) in [6, 6.07) is 11.5. The predicted molar refractivity (Wildman–Crippen MR) is 102 cm³/mol. The van der Waals surface area contributed by atoms with Crippen LogP contribution in [0.3, 0.4) is 0 Å². The van der Waals surface area contributed by atoms with E-state index in [9.17, 15) is 4.79 Å². The second kappa shape index (κ2) is 6.97. The van der Waals surface area contributed by atoms with E-state index in [0.29, 0.717) is 5.13 Å². The van der Waals surface area contributed by atoms with Gasteiger partial charge in [-0.2, -0.15) is 0 Å². The molecular weight excluding hydrogens is 348 g/mol. The van der Waals surface area contributed by atoms with Gasteiger partial charge in [-0.25, -0.2) is 4.98 Å². The fraction of sp³-hybridized carbons (Fsp3) is 0.105. The summed E-state index contributed by atoms with van der Waals surface area (Å²) in [6.07, 6.45) is 5.34. The van der Waals surface area contributed by atoms with E-state index >= 15 is 0 Å². The van der Waals surface area contributed by atoms with Crippen molar-refractivity contribution in [2.75, 3.05) is 12.4 Å². The summed E-state index contributed by atoms with van der Waals surface area (Å²) in [6.45, 7) is 0.222. The molecule has 0 unspecified atom stereocenters. The number of nitrogens with one attached hydrogen (secondary N) is 1. The maximum atomic E-state index is 12.4. The molecule has 4 rings (SSSR count). The fourth-order valence-electron chi connectivity index (χ4n) is 2.74. The Bertz CT molecular complexity index is 1060. The number of ether oxygens (including phenoxy) is 1. The van der Waals surface area contributed by atoms with E-state index in [-0.39, 0.29) is 12.5 Å². The highest BCUT2D eigenvalue weighted by atomic mass is 32.1. The van der Waals surface area contributed by atoms with Gasteiger partial charge in [0.1, 0.15) is 12.3 Å². The molecule has 26 heavy (non-hydrogen) atoms. The summed E-state index contributed by atoms with van der Waals surface area (Å²) in [7, 11) is 1.64. The minimum absolute atomic E-state index is 0.117. The number of hydrogen-bond acceptors (Lipinski definition) is 5. The van der Waals surface area contributed by atoms with Crippen LogP contribution >= 0.6 is 11.3 Å². The van der Waals surface area contributed by atoms with Crippen molar-refractivity contribution in [3.63, 3.8) is 0 Å². The molecule has 3 heterocycles. The van der Waals surface area contributed by atoms with Crippen LogP contribution in [0.1, 0.15) is 0 Å². The van der Waals surface area contributed by atoms with Crippen molar-refractivity contribution >= 4 is 33.3 Å². The zero-order valence-corrected chi connectivity index (χ0v) is 14.9. The number of fused-ring (bicyclic) bond motifs is 1. The molecule has 0 radical (unpaired) electrons. The second-order valence-corrected chi connectivity index (χ2v) is 6.55. The Morgan fingerprint density at radius 3 is 2.88 bits per heavy atom. The van der Waals surface area contributed by atoms with Crippen LogP contribution in [0.25, 0.3) is 22.2 Å². The summed E-state index contributed by atoms with van der Waals surface area (Å²) in [5, 5.41) is 6.40. The van der Waals surface area contributed by atoms with Crippen LogP contribution in [-0.2, 0) is 11.3 Å². The number of pyridine rings is 1. The first-order valence-electron chi connectivity index (χ1n) is 8.01. The molecule has 1 aromatic carbocycles. The summed E-state index contributed by atoms with van der Waals surface area (Å²) < 4.78 is 7.14. The van der Waals surface area contributed by atoms with Gasteiger partial charge >= 0.3 is 0 Å². The number of amides is 1. The van der Waals surface area contributed by atoms with E-state index in [4.69, 9.17) is 4.74 Å². The SMILES string of the molecule is COc1ccc2c(ccn2CC(=O)Nc2nc(-c3ccncc3)cs2)c1. The molecule has 6 nitrogen and oxygen atoms in total. The zero-order valence-electron chi connectivity index (χ0n) is 14.0. The first kappa shape index (κ1) is 16.3. The Balaban J connectivity index is 1.47. The number of thiazole rings is 1. The van der Waals surface area contributed by atoms with Gasteiger partial charge in [0.05, 0.1) is 12.8 Å². The minimum Gasteiger partial charge on any atom is -0.497 e. The highest BCUT2D eigenvalue weighted by molar-refractivity contribution is 7.14. The zero-order chi connectivity index (χ0) is 17.9. The normalized spacial score (nSPS) is 10.8. The summed E-state index contributed by atoms with van der Waals surface area (Å²) in [5.74, 6) is 0.681. The Hall–Kier alpha value is -3.19. The number of rotatable bonds is 5. The lowest BCUT2D eigenvalue weighted by molar-refractivity contribution is -0.116. The number of anilines is 1. The van der Waals surface area contributed by atoms with Crippen molar-refractivity contribution < 1.29 is 9.53 Å². The largest absolute Gasteiger partial charge is 0.497 e. The minimum atomic E-state index is -0.117. The molecule has 1 N–H and O–H groups in total. The molecule has 130 valence electrons. The van der Waals surface area contributed by atoms with Gasteiger partial charge in [-0.3, -0.25) is 9.78 Å². The van der Waals surface area contributed by atoms with Crippen molar-refractivity contribution in [2.45, 2.75) is 6.54 Å². The smallest absolute Gasteiger partial charge is 0.246 e. The van der Waals surface area contributed by atoms with Crippen molar-refractivity contribution in [2.24, 2.45) is 0 Å². The number of carbonyl (C=O) groups is 1. The topological polar surface area (TPSA) is 69.0 Å². The summed E-state index contributed by atoms with van der Waals surface area (Å²) in [5.41, 5.74) is 2.78. The van der Waals surface area contributed by atoms with Gasteiger partial charge < -0.3 is 14.6 Å². The summed E-state index contributed by atoms with van der Waals surface area (Å²) in [4.78, 5) is 20.9. The van der Waals surface area contributed by atoms with Crippen molar-refractivity contribution in [3.05, 3.63) is 60.4 Å². The van der Waals surface area contributed by atoms with Crippen LogP contribution in [0.15, 0.2) is 60.4 Å². The van der Waals surface area contributed by atoms with E-state index < -0.39 is 0 Å². The molecule has 4 aromatic rings. The van der Waals surface area contributed by atoms with Gasteiger partial charge in [0.2, 0.25) is 5.91 Å². The Morgan fingerprint density at radius 1 is 1.23 bits per heavy atom. The number of benzene rings is 1. The van der Waals surface area contributed by atoms with Gasteiger partial charge in [-0.15, -0.1) is 11.3 Å². The van der Waals surface area contributed by atoms with E-state index in [0.717, 1.165) is 27.9 Å². The third kappa shape index (κ3) is 3.29. The average molecular weight is 364 g/mol. The number of nitrogens with zero attached hydrogens (tertiary/aromatic N) is 3. The first-order valence-corrected chi connectivity index (χ1v) is 8.89. The third-order valence-electron chi connectivity index (χ3n) is 4.02. The van der Waals surface area contributed by atoms with Gasteiger partial charge in [-0.05, 0) is 36.4 Å². The molecule has 0 aliphatic heterocycles. The molecule has 0 fully saturated rings. The van der Waals surface area contributed by atoms with Crippen molar-refractivity contribution in [3.8, 4) is 17.0 Å². The first-order chi connectivity index (χ1) is 12.7. The van der Waals surface area contributed by atoms with Crippen LogP contribution in [0, 0.1) is 0 Å². The molecule has 3 aromatic heterocycles. The molecule has 0 spiro atoms. The van der Waals surface area contributed by atoms with Gasteiger partial charge in [0.15, 0.2) is 5.13 Å². The monoisotopic (exact) mass is 364 g/mol. The van der Waals surface area contributed by atoms with Crippen LogP contribution < -0.4 is 10.1 Å². The molecule has 0 atom stereocenters. The Morgan fingerprint density at radius 2 is 2.08 bits per heavy atom.